The Hall–Kier alpha value is -4.08. The van der Waals surface area contributed by atoms with Gasteiger partial charge in [0, 0.05) is 38.0 Å². The third kappa shape index (κ3) is 12.5. The van der Waals surface area contributed by atoms with E-state index in [2.05, 4.69) is 9.97 Å². The van der Waals surface area contributed by atoms with Gasteiger partial charge in [0.2, 0.25) is 5.95 Å². The second kappa shape index (κ2) is 17.4. The molecular formula is C39H50F6N4O5S. The average molecular weight is 801 g/mol. The van der Waals surface area contributed by atoms with Gasteiger partial charge >= 0.3 is 18.3 Å². The van der Waals surface area contributed by atoms with Gasteiger partial charge in [-0.2, -0.15) is 26.3 Å². The van der Waals surface area contributed by atoms with Crippen LogP contribution in [-0.2, 0) is 38.9 Å². The highest BCUT2D eigenvalue weighted by Crippen LogP contribution is 2.40. The Labute approximate surface area is 319 Å². The van der Waals surface area contributed by atoms with Gasteiger partial charge < -0.3 is 19.6 Å². The molecule has 1 fully saturated rings. The summed E-state index contributed by atoms with van der Waals surface area (Å²) in [4.78, 5) is 23.6. The number of carboxylic acids is 1. The maximum Gasteiger partial charge on any atom is 0.416 e. The number of sulfone groups is 1. The maximum atomic E-state index is 14.3. The molecule has 1 aromatic heterocycles. The Morgan fingerprint density at radius 1 is 0.909 bits per heavy atom. The molecule has 0 spiro atoms. The molecule has 0 radical (unpaired) electrons. The first-order valence-electron chi connectivity index (χ1n) is 18.2. The Morgan fingerprint density at radius 2 is 1.49 bits per heavy atom. The smallest absolute Gasteiger partial charge is 0.416 e. The lowest BCUT2D eigenvalue weighted by Crippen LogP contribution is -2.34. The molecular weight excluding hydrogens is 751 g/mol. The van der Waals surface area contributed by atoms with Crippen molar-refractivity contribution in [2.45, 2.75) is 97.1 Å². The van der Waals surface area contributed by atoms with E-state index in [0.29, 0.717) is 24.3 Å². The molecule has 1 N–H and O–H groups in total. The Morgan fingerprint density at radius 3 is 2.02 bits per heavy atom. The minimum atomic E-state index is -4.69. The number of anilines is 2. The van der Waals surface area contributed by atoms with Gasteiger partial charge in [0.15, 0.2) is 15.6 Å². The SMILES string of the molecule is CCN(CC1CCC(CC(=O)O)CC1)c1ccc(C(F)(F)F)cc1CN(c1ncc(OCCS(C)(=O)=O)cn1)[C@H](C)c1cc(C(C)(C)C)cc(C(F)(F)F)c1. The molecule has 4 rings (SSSR count). The zero-order valence-corrected chi connectivity index (χ0v) is 32.8. The van der Waals surface area contributed by atoms with E-state index >= 15 is 0 Å². The summed E-state index contributed by atoms with van der Waals surface area (Å²) >= 11 is 0. The van der Waals surface area contributed by atoms with Gasteiger partial charge in [-0.3, -0.25) is 4.79 Å². The number of rotatable bonds is 15. The lowest BCUT2D eigenvalue weighted by molar-refractivity contribution is -0.139. The second-order valence-corrected chi connectivity index (χ2v) is 17.7. The monoisotopic (exact) mass is 800 g/mol. The third-order valence-electron chi connectivity index (χ3n) is 10.1. The lowest BCUT2D eigenvalue weighted by atomic mass is 9.80. The summed E-state index contributed by atoms with van der Waals surface area (Å²) in [6.07, 6.45) is -2.64. The first kappa shape index (κ1) is 43.6. The fraction of sp³-hybridized carbons (Fsp3) is 0.564. The normalized spacial score (nSPS) is 17.5. The highest BCUT2D eigenvalue weighted by Gasteiger charge is 2.35. The molecule has 1 saturated carbocycles. The molecule has 1 atom stereocenters. The second-order valence-electron chi connectivity index (χ2n) is 15.5. The first-order chi connectivity index (χ1) is 25.4. The summed E-state index contributed by atoms with van der Waals surface area (Å²) in [5.74, 6) is -0.726. The minimum absolute atomic E-state index is 0.000784. The van der Waals surface area contributed by atoms with Gasteiger partial charge in [-0.15, -0.1) is 0 Å². The number of benzene rings is 2. The van der Waals surface area contributed by atoms with Crippen molar-refractivity contribution < 1.29 is 49.4 Å². The Bertz CT molecular complexity index is 1840. The Kier molecular flexibility index (Phi) is 13.8. The highest BCUT2D eigenvalue weighted by atomic mass is 32.2. The average Bonchev–Trinajstić information content (AvgIpc) is 3.08. The fourth-order valence-corrected chi connectivity index (χ4v) is 7.23. The van der Waals surface area contributed by atoms with E-state index in [0.717, 1.165) is 56.2 Å². The number of hydrogen-bond donors (Lipinski definition) is 1. The van der Waals surface area contributed by atoms with E-state index in [-0.39, 0.29) is 60.0 Å². The van der Waals surface area contributed by atoms with Crippen LogP contribution in [0.1, 0.15) is 101 Å². The molecule has 1 heterocycles. The van der Waals surface area contributed by atoms with Gasteiger partial charge in [0.05, 0.1) is 35.3 Å². The van der Waals surface area contributed by atoms with Crippen LogP contribution >= 0.6 is 0 Å². The summed E-state index contributed by atoms with van der Waals surface area (Å²) in [5.41, 5.74) is -1.01. The van der Waals surface area contributed by atoms with Crippen LogP contribution in [0.3, 0.4) is 0 Å². The number of nitrogens with zero attached hydrogens (tertiary/aromatic N) is 4. The molecule has 3 aromatic rings. The van der Waals surface area contributed by atoms with Crippen molar-refractivity contribution in [3.05, 3.63) is 76.6 Å². The Balaban J connectivity index is 1.80. The first-order valence-corrected chi connectivity index (χ1v) is 20.3. The van der Waals surface area contributed by atoms with Crippen molar-refractivity contribution in [3.8, 4) is 5.75 Å². The molecule has 2 aromatic carbocycles. The number of aliphatic carboxylic acids is 1. The quantitative estimate of drug-likeness (QED) is 0.151. The van der Waals surface area contributed by atoms with Crippen molar-refractivity contribution >= 4 is 27.4 Å². The number of alkyl halides is 6. The standard InChI is InChI=1S/C39H50F6N4O5S/c1-7-48(23-27-10-8-26(9-11-27)16-35(50)51)34-13-12-30(38(40,41)42)19-29(34)24-49(36-46-21-33(22-47-36)54-14-15-55(6,52)53)25(2)28-17-31(37(3,4)5)20-32(18-28)39(43,44)45/h12-13,17-22,25-27H,7-11,14-16,23-24H2,1-6H3,(H,50,51)/t25-,26?,27?/m1/s1. The summed E-state index contributed by atoms with van der Waals surface area (Å²) in [5, 5.41) is 9.24. The van der Waals surface area contributed by atoms with Gasteiger partial charge in [-0.25, -0.2) is 18.4 Å². The summed E-state index contributed by atoms with van der Waals surface area (Å²) in [6, 6.07) is 6.38. The van der Waals surface area contributed by atoms with Gasteiger partial charge in [0.25, 0.3) is 0 Å². The largest absolute Gasteiger partial charge is 0.489 e. The van der Waals surface area contributed by atoms with Crippen LogP contribution < -0.4 is 14.5 Å². The van der Waals surface area contributed by atoms with Crippen LogP contribution in [0.25, 0.3) is 0 Å². The number of aromatic nitrogens is 2. The summed E-state index contributed by atoms with van der Waals surface area (Å²) in [7, 11) is -3.32. The zero-order chi connectivity index (χ0) is 40.9. The van der Waals surface area contributed by atoms with Crippen molar-refractivity contribution in [2.75, 3.05) is 41.5 Å². The molecule has 9 nitrogen and oxygen atoms in total. The van der Waals surface area contributed by atoms with Crippen molar-refractivity contribution in [1.29, 1.82) is 0 Å². The van der Waals surface area contributed by atoms with Crippen LogP contribution in [0, 0.1) is 11.8 Å². The summed E-state index contributed by atoms with van der Waals surface area (Å²) < 4.78 is 114. The number of carboxylic acid groups (broad SMARTS) is 1. The molecule has 304 valence electrons. The number of ether oxygens (including phenoxy) is 1. The predicted octanol–water partition coefficient (Wildman–Crippen LogP) is 9.11. The number of hydrogen-bond acceptors (Lipinski definition) is 8. The van der Waals surface area contributed by atoms with E-state index in [1.807, 2.05) is 11.8 Å². The fourth-order valence-electron chi connectivity index (χ4n) is 6.85. The topological polar surface area (TPSA) is 113 Å². The number of carbonyl (C=O) groups is 1. The molecule has 0 unspecified atom stereocenters. The molecule has 1 aliphatic rings. The molecule has 55 heavy (non-hydrogen) atoms. The van der Waals surface area contributed by atoms with Gasteiger partial charge in [0.1, 0.15) is 6.61 Å². The molecule has 0 amide bonds. The molecule has 0 aliphatic heterocycles. The predicted molar refractivity (Wildman–Crippen MR) is 199 cm³/mol. The van der Waals surface area contributed by atoms with Crippen LogP contribution in [0.15, 0.2) is 48.8 Å². The highest BCUT2D eigenvalue weighted by molar-refractivity contribution is 7.90. The van der Waals surface area contributed by atoms with Crippen molar-refractivity contribution in [1.82, 2.24) is 9.97 Å². The van der Waals surface area contributed by atoms with E-state index in [1.165, 1.54) is 18.5 Å². The zero-order valence-electron chi connectivity index (χ0n) is 32.0. The van der Waals surface area contributed by atoms with E-state index in [9.17, 15) is 44.7 Å². The van der Waals surface area contributed by atoms with E-state index in [4.69, 9.17) is 4.74 Å². The van der Waals surface area contributed by atoms with E-state index < -0.39 is 50.7 Å². The van der Waals surface area contributed by atoms with Crippen LogP contribution in [-0.4, -0.2) is 61.2 Å². The van der Waals surface area contributed by atoms with E-state index in [1.54, 1.807) is 38.7 Å². The molecule has 0 saturated heterocycles. The van der Waals surface area contributed by atoms with Crippen molar-refractivity contribution in [3.63, 3.8) is 0 Å². The van der Waals surface area contributed by atoms with Crippen LogP contribution in [0.5, 0.6) is 5.75 Å². The third-order valence-corrected chi connectivity index (χ3v) is 11.0. The molecule has 0 bridgehead atoms. The van der Waals surface area contributed by atoms with Crippen molar-refractivity contribution in [2.24, 2.45) is 11.8 Å². The summed E-state index contributed by atoms with van der Waals surface area (Å²) in [6.45, 7) is 9.45. The molecule has 16 heteroatoms. The van der Waals surface area contributed by atoms with Crippen LogP contribution in [0.2, 0.25) is 0 Å². The molecule has 1 aliphatic carbocycles. The van der Waals surface area contributed by atoms with Crippen LogP contribution in [0.4, 0.5) is 38.0 Å². The lowest BCUT2D eigenvalue weighted by Gasteiger charge is -2.36. The maximum absolute atomic E-state index is 14.3. The van der Waals surface area contributed by atoms with Gasteiger partial charge in [-0.05, 0) is 104 Å². The van der Waals surface area contributed by atoms with Gasteiger partial charge in [-0.1, -0.05) is 26.8 Å². The minimum Gasteiger partial charge on any atom is -0.489 e. The number of halogens is 6.